The van der Waals surface area contributed by atoms with Gasteiger partial charge in [-0.2, -0.15) is 5.26 Å². The van der Waals surface area contributed by atoms with Crippen molar-refractivity contribution in [3.05, 3.63) is 69.7 Å². The summed E-state index contributed by atoms with van der Waals surface area (Å²) in [5.41, 5.74) is -0.0213. The van der Waals surface area contributed by atoms with E-state index in [1.165, 1.54) is 0 Å². The summed E-state index contributed by atoms with van der Waals surface area (Å²) in [5.74, 6) is -0.557. The lowest BCUT2D eigenvalue weighted by Gasteiger charge is -2.35. The lowest BCUT2D eigenvalue weighted by molar-refractivity contribution is -0.157. The van der Waals surface area contributed by atoms with Gasteiger partial charge in [0.15, 0.2) is 0 Å². The minimum atomic E-state index is -1.01. The minimum absolute atomic E-state index is 0.268. The number of nitrogens with zero attached hydrogens (tertiary/aromatic N) is 1. The molecule has 0 spiro atoms. The van der Waals surface area contributed by atoms with E-state index < -0.39 is 23.0 Å². The topological polar surface area (TPSA) is 62.1 Å². The molecule has 170 valence electrons. The molecular formula is C26H30Cl2N2O2. The molecule has 0 aromatic heterocycles. The van der Waals surface area contributed by atoms with Gasteiger partial charge in [0, 0.05) is 22.0 Å². The summed E-state index contributed by atoms with van der Waals surface area (Å²) in [6.07, 6.45) is 0.715. The van der Waals surface area contributed by atoms with Crippen LogP contribution < -0.4 is 5.32 Å². The molecule has 4 nitrogen and oxygen atoms in total. The summed E-state index contributed by atoms with van der Waals surface area (Å²) in [5, 5.41) is 15.4. The number of nitrogens with one attached hydrogen (secondary N) is 1. The number of carbonyl (C=O) groups is 1. The van der Waals surface area contributed by atoms with E-state index in [2.05, 4.69) is 25.2 Å². The first kappa shape index (κ1) is 24.6. The second-order valence-corrected chi connectivity index (χ2v) is 10.8. The van der Waals surface area contributed by atoms with Crippen LogP contribution in [0.15, 0.2) is 48.5 Å². The van der Waals surface area contributed by atoms with Crippen molar-refractivity contribution in [1.29, 1.82) is 5.26 Å². The molecule has 32 heavy (non-hydrogen) atoms. The average molecular weight is 473 g/mol. The third-order valence-electron chi connectivity index (χ3n) is 5.84. The van der Waals surface area contributed by atoms with E-state index in [-0.39, 0.29) is 12.0 Å². The quantitative estimate of drug-likeness (QED) is 0.520. The van der Waals surface area contributed by atoms with Gasteiger partial charge in [-0.05, 0) is 68.5 Å². The van der Waals surface area contributed by atoms with E-state index in [0.717, 1.165) is 11.1 Å². The predicted octanol–water partition coefficient (Wildman–Crippen LogP) is 6.27. The number of carbonyl (C=O) groups excluding carboxylic acids is 1. The fraction of sp³-hybridized carbons (Fsp3) is 0.462. The van der Waals surface area contributed by atoms with Gasteiger partial charge in [-0.25, -0.2) is 0 Å². The van der Waals surface area contributed by atoms with Crippen molar-refractivity contribution in [2.75, 3.05) is 0 Å². The number of nitriles is 1. The van der Waals surface area contributed by atoms with Gasteiger partial charge in [0.2, 0.25) is 0 Å². The van der Waals surface area contributed by atoms with Gasteiger partial charge >= 0.3 is 5.97 Å². The summed E-state index contributed by atoms with van der Waals surface area (Å²) in [6.45, 7) is 9.76. The molecule has 2 aromatic rings. The normalized spacial score (nSPS) is 25.5. The second kappa shape index (κ2) is 9.43. The zero-order chi connectivity index (χ0) is 23.7. The highest BCUT2D eigenvalue weighted by atomic mass is 35.5. The summed E-state index contributed by atoms with van der Waals surface area (Å²) >= 11 is 12.5. The van der Waals surface area contributed by atoms with Crippen molar-refractivity contribution in [1.82, 2.24) is 5.32 Å². The van der Waals surface area contributed by atoms with Gasteiger partial charge < -0.3 is 4.74 Å². The van der Waals surface area contributed by atoms with Crippen molar-refractivity contribution in [3.63, 3.8) is 0 Å². The maximum atomic E-state index is 13.4. The molecule has 0 aliphatic carbocycles. The zero-order valence-electron chi connectivity index (χ0n) is 19.2. The van der Waals surface area contributed by atoms with E-state index >= 15 is 0 Å². The predicted molar refractivity (Wildman–Crippen MR) is 129 cm³/mol. The molecule has 1 aliphatic heterocycles. The third kappa shape index (κ3) is 4.96. The third-order valence-corrected chi connectivity index (χ3v) is 6.32. The van der Waals surface area contributed by atoms with Crippen LogP contribution in [0.2, 0.25) is 10.0 Å². The lowest BCUT2D eigenvalue weighted by atomic mass is 9.64. The maximum absolute atomic E-state index is 13.4. The van der Waals surface area contributed by atoms with E-state index in [9.17, 15) is 10.1 Å². The Morgan fingerprint density at radius 1 is 1.16 bits per heavy atom. The molecular weight excluding hydrogens is 443 g/mol. The van der Waals surface area contributed by atoms with Crippen LogP contribution in [0.4, 0.5) is 0 Å². The summed E-state index contributed by atoms with van der Waals surface area (Å²) in [4.78, 5) is 13.4. The number of hydrogen-bond acceptors (Lipinski definition) is 4. The average Bonchev–Trinajstić information content (AvgIpc) is 3.01. The fourth-order valence-corrected chi connectivity index (χ4v) is 5.02. The van der Waals surface area contributed by atoms with E-state index in [1.54, 1.807) is 18.2 Å². The molecule has 0 amide bonds. The fourth-order valence-electron chi connectivity index (χ4n) is 4.69. The van der Waals surface area contributed by atoms with E-state index in [1.807, 2.05) is 51.1 Å². The van der Waals surface area contributed by atoms with Gasteiger partial charge in [0.05, 0.1) is 6.07 Å². The Morgan fingerprint density at radius 3 is 2.34 bits per heavy atom. The molecule has 0 bridgehead atoms. The van der Waals surface area contributed by atoms with Gasteiger partial charge in [-0.15, -0.1) is 0 Å². The smallest absolute Gasteiger partial charge is 0.324 e. The Bertz CT molecular complexity index is 1010. The summed E-state index contributed by atoms with van der Waals surface area (Å²) < 4.78 is 5.78. The molecule has 0 radical (unpaired) electrons. The van der Waals surface area contributed by atoms with Crippen molar-refractivity contribution < 1.29 is 9.53 Å². The highest BCUT2D eigenvalue weighted by molar-refractivity contribution is 6.30. The number of halogens is 2. The summed E-state index contributed by atoms with van der Waals surface area (Å²) in [6, 6.07) is 16.4. The van der Waals surface area contributed by atoms with Crippen LogP contribution in [0.1, 0.15) is 58.1 Å². The van der Waals surface area contributed by atoms with Crippen LogP contribution in [-0.4, -0.2) is 23.7 Å². The Kier molecular flexibility index (Phi) is 7.25. The number of hydrogen-bond donors (Lipinski definition) is 1. The monoisotopic (exact) mass is 472 g/mol. The Morgan fingerprint density at radius 2 is 1.81 bits per heavy atom. The highest BCUT2D eigenvalue weighted by Gasteiger charge is 2.59. The molecule has 2 aromatic carbocycles. The summed E-state index contributed by atoms with van der Waals surface area (Å²) in [7, 11) is 0. The molecule has 1 aliphatic rings. The minimum Gasteiger partial charge on any atom is -0.459 e. The van der Waals surface area contributed by atoms with Crippen molar-refractivity contribution >= 4 is 29.2 Å². The molecule has 0 unspecified atom stereocenters. The standard InChI is InChI=1S/C26H30Cl2N2O2/c1-16(2)13-21-26(15-29,18-9-11-19(27)12-10-18)22(17-7-6-8-20(28)14-17)23(30-21)24(31)32-25(3,4)5/h6-12,14,16,21-23,30H,13H2,1-5H3/t21-,22-,23+,26-/m0/s1. The maximum Gasteiger partial charge on any atom is 0.324 e. The molecule has 1 fully saturated rings. The van der Waals surface area contributed by atoms with E-state index in [0.29, 0.717) is 22.4 Å². The van der Waals surface area contributed by atoms with Gasteiger partial charge in [-0.3, -0.25) is 10.1 Å². The van der Waals surface area contributed by atoms with Crippen LogP contribution in [0, 0.1) is 17.2 Å². The molecule has 1 saturated heterocycles. The first-order valence-corrected chi connectivity index (χ1v) is 11.6. The molecule has 1 N–H and O–H groups in total. The van der Waals surface area contributed by atoms with Crippen LogP contribution in [0.3, 0.4) is 0 Å². The molecule has 1 heterocycles. The SMILES string of the molecule is CC(C)C[C@@H]1N[C@@H](C(=O)OC(C)(C)C)[C@H](c2cccc(Cl)c2)[C@@]1(C#N)c1ccc(Cl)cc1. The highest BCUT2D eigenvalue weighted by Crippen LogP contribution is 2.50. The van der Waals surface area contributed by atoms with Crippen LogP contribution in [0.25, 0.3) is 0 Å². The first-order valence-electron chi connectivity index (χ1n) is 10.9. The van der Waals surface area contributed by atoms with Crippen molar-refractivity contribution in [2.24, 2.45) is 5.92 Å². The van der Waals surface area contributed by atoms with Crippen LogP contribution >= 0.6 is 23.2 Å². The Hall–Kier alpha value is -2.06. The van der Waals surface area contributed by atoms with Gasteiger partial charge in [-0.1, -0.05) is 61.3 Å². The number of esters is 1. The van der Waals surface area contributed by atoms with Gasteiger partial charge in [0.1, 0.15) is 17.1 Å². The molecule has 0 saturated carbocycles. The Balaban J connectivity index is 2.25. The second-order valence-electron chi connectivity index (χ2n) is 9.88. The van der Waals surface area contributed by atoms with Gasteiger partial charge in [0.25, 0.3) is 0 Å². The van der Waals surface area contributed by atoms with Crippen molar-refractivity contribution in [3.8, 4) is 6.07 Å². The lowest BCUT2D eigenvalue weighted by Crippen LogP contribution is -2.43. The largest absolute Gasteiger partial charge is 0.459 e. The van der Waals surface area contributed by atoms with Crippen LogP contribution in [-0.2, 0) is 14.9 Å². The van der Waals surface area contributed by atoms with E-state index in [4.69, 9.17) is 27.9 Å². The number of benzene rings is 2. The molecule has 6 heteroatoms. The Labute approximate surface area is 200 Å². The van der Waals surface area contributed by atoms with Crippen LogP contribution in [0.5, 0.6) is 0 Å². The number of rotatable bonds is 5. The molecule has 4 atom stereocenters. The zero-order valence-corrected chi connectivity index (χ0v) is 20.7. The number of ether oxygens (including phenoxy) is 1. The van der Waals surface area contributed by atoms with Crippen molar-refractivity contribution in [2.45, 2.75) is 70.1 Å². The first-order chi connectivity index (χ1) is 15.0. The molecule has 3 rings (SSSR count).